The Balaban J connectivity index is 1.71. The van der Waals surface area contributed by atoms with Gasteiger partial charge in [0.05, 0.1) is 0 Å². The van der Waals surface area contributed by atoms with Crippen LogP contribution >= 0.6 is 11.6 Å². The molecule has 1 aliphatic rings. The lowest BCUT2D eigenvalue weighted by Crippen LogP contribution is -2.31. The minimum Gasteiger partial charge on any atom is -0.480 e. The Morgan fingerprint density at radius 2 is 2.05 bits per heavy atom. The Hall–Kier alpha value is -2.33. The van der Waals surface area contributed by atoms with E-state index in [1.165, 1.54) is 6.92 Å². The van der Waals surface area contributed by atoms with Crippen LogP contribution in [0.3, 0.4) is 0 Å². The zero-order valence-electron chi connectivity index (χ0n) is 11.9. The molecule has 5 heteroatoms. The molecule has 0 radical (unpaired) electrons. The monoisotopic (exact) mass is 315 g/mol. The summed E-state index contributed by atoms with van der Waals surface area (Å²) in [5.41, 5.74) is 2.06. The van der Waals surface area contributed by atoms with Crippen LogP contribution in [0.5, 0.6) is 5.75 Å². The molecule has 0 unspecified atom stereocenters. The van der Waals surface area contributed by atoms with Crippen molar-refractivity contribution in [3.05, 3.63) is 58.6 Å². The van der Waals surface area contributed by atoms with Gasteiger partial charge in [-0.05, 0) is 42.8 Å². The summed E-state index contributed by atoms with van der Waals surface area (Å²) >= 11 is 5.94. The van der Waals surface area contributed by atoms with Crippen molar-refractivity contribution < 1.29 is 14.3 Å². The highest BCUT2D eigenvalue weighted by molar-refractivity contribution is 6.30. The Morgan fingerprint density at radius 3 is 2.82 bits per heavy atom. The summed E-state index contributed by atoms with van der Waals surface area (Å²) in [6.07, 6.45) is -0.108. The van der Waals surface area contributed by atoms with Gasteiger partial charge in [-0.25, -0.2) is 0 Å². The summed E-state index contributed by atoms with van der Waals surface area (Å²) < 4.78 is 5.64. The third-order valence-electron chi connectivity index (χ3n) is 3.53. The van der Waals surface area contributed by atoms with E-state index in [1.807, 2.05) is 0 Å². The number of anilines is 1. The molecule has 1 atom stereocenters. The number of rotatable bonds is 3. The zero-order chi connectivity index (χ0) is 15.7. The van der Waals surface area contributed by atoms with Crippen molar-refractivity contribution >= 4 is 29.0 Å². The van der Waals surface area contributed by atoms with Crippen molar-refractivity contribution in [2.24, 2.45) is 0 Å². The summed E-state index contributed by atoms with van der Waals surface area (Å²) in [5, 5.41) is 3.40. The van der Waals surface area contributed by atoms with Crippen molar-refractivity contribution in [3.8, 4) is 5.75 Å². The fourth-order valence-corrected chi connectivity index (χ4v) is 2.60. The molecule has 112 valence electrons. The minimum absolute atomic E-state index is 0.0461. The molecular weight excluding hydrogens is 302 g/mol. The third kappa shape index (κ3) is 2.97. The molecule has 0 spiro atoms. The Bertz CT molecular complexity index is 757. The first-order chi connectivity index (χ1) is 10.5. The van der Waals surface area contributed by atoms with Crippen LogP contribution < -0.4 is 10.1 Å². The van der Waals surface area contributed by atoms with Crippen LogP contribution in [0.15, 0.2) is 42.5 Å². The molecule has 1 heterocycles. The molecule has 1 aliphatic heterocycles. The van der Waals surface area contributed by atoms with Gasteiger partial charge < -0.3 is 10.1 Å². The van der Waals surface area contributed by atoms with E-state index in [-0.39, 0.29) is 11.7 Å². The summed E-state index contributed by atoms with van der Waals surface area (Å²) in [5.74, 6) is 0.394. The normalized spacial score (nSPS) is 15.8. The summed E-state index contributed by atoms with van der Waals surface area (Å²) in [7, 11) is 0. The number of nitrogens with one attached hydrogen (secondary N) is 1. The molecule has 3 rings (SSSR count). The van der Waals surface area contributed by atoms with Gasteiger partial charge in [0.2, 0.25) is 0 Å². The van der Waals surface area contributed by atoms with E-state index in [0.717, 1.165) is 5.56 Å². The maximum atomic E-state index is 12.3. The maximum Gasteiger partial charge on any atom is 0.265 e. The predicted octanol–water partition coefficient (Wildman–Crippen LogP) is 3.48. The number of carbonyl (C=O) groups is 2. The molecule has 0 aromatic heterocycles. The highest BCUT2D eigenvalue weighted by Crippen LogP contribution is 2.31. The summed E-state index contributed by atoms with van der Waals surface area (Å²) in [6.45, 7) is 1.49. The van der Waals surface area contributed by atoms with Crippen LogP contribution in [0.1, 0.15) is 22.8 Å². The summed E-state index contributed by atoms with van der Waals surface area (Å²) in [6, 6.07) is 12.1. The van der Waals surface area contributed by atoms with Gasteiger partial charge in [-0.1, -0.05) is 23.7 Å². The number of amides is 1. The first kappa shape index (κ1) is 14.6. The van der Waals surface area contributed by atoms with E-state index < -0.39 is 6.10 Å². The van der Waals surface area contributed by atoms with Gasteiger partial charge >= 0.3 is 0 Å². The van der Waals surface area contributed by atoms with E-state index in [4.69, 9.17) is 16.3 Å². The number of ether oxygens (including phenoxy) is 1. The van der Waals surface area contributed by atoms with Gasteiger partial charge in [0, 0.05) is 22.7 Å². The number of halogens is 1. The minimum atomic E-state index is -0.588. The predicted molar refractivity (Wildman–Crippen MR) is 84.6 cm³/mol. The number of carbonyl (C=O) groups excluding carboxylic acids is 2. The topological polar surface area (TPSA) is 55.4 Å². The Labute approximate surface area is 133 Å². The van der Waals surface area contributed by atoms with E-state index in [2.05, 4.69) is 5.32 Å². The lowest BCUT2D eigenvalue weighted by Gasteiger charge is -2.11. The highest BCUT2D eigenvalue weighted by Gasteiger charge is 2.29. The lowest BCUT2D eigenvalue weighted by molar-refractivity contribution is -0.122. The molecule has 4 nitrogen and oxygen atoms in total. The fraction of sp³-hybridized carbons (Fsp3) is 0.176. The van der Waals surface area contributed by atoms with E-state index in [9.17, 15) is 9.59 Å². The highest BCUT2D eigenvalue weighted by atomic mass is 35.5. The van der Waals surface area contributed by atoms with Crippen molar-refractivity contribution in [3.63, 3.8) is 0 Å². The second kappa shape index (κ2) is 5.81. The average molecular weight is 316 g/mol. The molecule has 2 aromatic rings. The largest absolute Gasteiger partial charge is 0.480 e. The smallest absolute Gasteiger partial charge is 0.265 e. The third-order valence-corrected chi connectivity index (χ3v) is 3.76. The second-order valence-corrected chi connectivity index (χ2v) is 5.63. The molecule has 22 heavy (non-hydrogen) atoms. The Kier molecular flexibility index (Phi) is 3.86. The molecular formula is C17H14ClNO3. The summed E-state index contributed by atoms with van der Waals surface area (Å²) in [4.78, 5) is 23.7. The van der Waals surface area contributed by atoms with Crippen molar-refractivity contribution in [1.82, 2.24) is 0 Å². The average Bonchev–Trinajstić information content (AvgIpc) is 2.90. The number of hydrogen-bond donors (Lipinski definition) is 1. The van der Waals surface area contributed by atoms with Crippen LogP contribution in [0.4, 0.5) is 5.69 Å². The number of hydrogen-bond acceptors (Lipinski definition) is 3. The number of ketones is 1. The van der Waals surface area contributed by atoms with Gasteiger partial charge in [0.1, 0.15) is 5.75 Å². The standard InChI is InChI=1S/C17H14ClNO3/c1-10(20)11-3-2-4-14(8-11)19-17(21)16-9-12-7-13(18)5-6-15(12)22-16/h2-8,16H,9H2,1H3,(H,19,21)/t16-/m1/s1. The number of fused-ring (bicyclic) bond motifs is 1. The SMILES string of the molecule is CC(=O)c1cccc(NC(=O)[C@H]2Cc3cc(Cl)ccc3O2)c1. The molecule has 2 aromatic carbocycles. The van der Waals surface area contributed by atoms with E-state index >= 15 is 0 Å². The molecule has 1 N–H and O–H groups in total. The van der Waals surface area contributed by atoms with Crippen LogP contribution in [0, 0.1) is 0 Å². The maximum absolute atomic E-state index is 12.3. The zero-order valence-corrected chi connectivity index (χ0v) is 12.7. The van der Waals surface area contributed by atoms with E-state index in [0.29, 0.717) is 28.4 Å². The van der Waals surface area contributed by atoms with Gasteiger partial charge in [-0.15, -0.1) is 0 Å². The van der Waals surface area contributed by atoms with Crippen LogP contribution in [-0.4, -0.2) is 17.8 Å². The molecule has 0 saturated heterocycles. The van der Waals surface area contributed by atoms with Crippen LogP contribution in [-0.2, 0) is 11.2 Å². The molecule has 0 saturated carbocycles. The fourth-order valence-electron chi connectivity index (χ4n) is 2.40. The second-order valence-electron chi connectivity index (χ2n) is 5.19. The van der Waals surface area contributed by atoms with Crippen LogP contribution in [0.2, 0.25) is 5.02 Å². The van der Waals surface area contributed by atoms with E-state index in [1.54, 1.807) is 42.5 Å². The molecule has 0 bridgehead atoms. The van der Waals surface area contributed by atoms with Gasteiger partial charge in [-0.3, -0.25) is 9.59 Å². The van der Waals surface area contributed by atoms with Gasteiger partial charge in [-0.2, -0.15) is 0 Å². The lowest BCUT2D eigenvalue weighted by atomic mass is 10.1. The first-order valence-electron chi connectivity index (χ1n) is 6.90. The Morgan fingerprint density at radius 1 is 1.23 bits per heavy atom. The van der Waals surface area contributed by atoms with Gasteiger partial charge in [0.15, 0.2) is 11.9 Å². The molecule has 0 fully saturated rings. The van der Waals surface area contributed by atoms with Crippen molar-refractivity contribution in [1.29, 1.82) is 0 Å². The number of benzene rings is 2. The van der Waals surface area contributed by atoms with Crippen LogP contribution in [0.25, 0.3) is 0 Å². The molecule has 1 amide bonds. The quantitative estimate of drug-likeness (QED) is 0.882. The van der Waals surface area contributed by atoms with Gasteiger partial charge in [0.25, 0.3) is 5.91 Å². The van der Waals surface area contributed by atoms with Crippen molar-refractivity contribution in [2.75, 3.05) is 5.32 Å². The van der Waals surface area contributed by atoms with Crippen molar-refractivity contribution in [2.45, 2.75) is 19.4 Å². The first-order valence-corrected chi connectivity index (χ1v) is 7.27. The number of Topliss-reactive ketones (excluding diaryl/α,β-unsaturated/α-hetero) is 1. The molecule has 0 aliphatic carbocycles.